The summed E-state index contributed by atoms with van der Waals surface area (Å²) in [5.74, 6) is -1.54. The molecule has 198 valence electrons. The van der Waals surface area contributed by atoms with Crippen LogP contribution in [0.25, 0.3) is 11.1 Å². The quantitative estimate of drug-likeness (QED) is 0.367. The van der Waals surface area contributed by atoms with Crippen molar-refractivity contribution in [1.82, 2.24) is 16.0 Å². The third kappa shape index (κ3) is 7.22. The predicted octanol–water partition coefficient (Wildman–Crippen LogP) is 3.10. The third-order valence-electron chi connectivity index (χ3n) is 5.72. The third-order valence-corrected chi connectivity index (χ3v) is 5.72. The number of esters is 1. The summed E-state index contributed by atoms with van der Waals surface area (Å²) in [5.41, 5.74) is 3.62. The van der Waals surface area contributed by atoms with Gasteiger partial charge in [0.15, 0.2) is 0 Å². The Morgan fingerprint density at radius 2 is 1.46 bits per heavy atom. The summed E-state index contributed by atoms with van der Waals surface area (Å²) in [5, 5.41) is 7.35. The molecule has 0 bridgehead atoms. The highest BCUT2D eigenvalue weighted by molar-refractivity contribution is 5.89. The summed E-state index contributed by atoms with van der Waals surface area (Å²) in [6.45, 7) is 6.38. The van der Waals surface area contributed by atoms with Crippen molar-refractivity contribution in [2.75, 3.05) is 20.3 Å². The minimum Gasteiger partial charge on any atom is -0.467 e. The van der Waals surface area contributed by atoms with Crippen molar-refractivity contribution >= 4 is 24.1 Å². The lowest BCUT2D eigenvalue weighted by atomic mass is 9.98. The van der Waals surface area contributed by atoms with Crippen LogP contribution < -0.4 is 16.0 Å². The van der Waals surface area contributed by atoms with E-state index in [4.69, 9.17) is 14.2 Å². The maximum Gasteiger partial charge on any atom is 0.407 e. The molecule has 0 aliphatic heterocycles. The van der Waals surface area contributed by atoms with E-state index in [1.165, 1.54) is 6.92 Å². The van der Waals surface area contributed by atoms with Crippen LogP contribution in [0.15, 0.2) is 48.5 Å². The van der Waals surface area contributed by atoms with Crippen LogP contribution in [0.4, 0.5) is 9.59 Å². The van der Waals surface area contributed by atoms with Crippen LogP contribution in [0.2, 0.25) is 0 Å². The molecule has 0 fully saturated rings. The number of ether oxygens (including phenoxy) is 3. The van der Waals surface area contributed by atoms with E-state index in [1.54, 1.807) is 20.8 Å². The van der Waals surface area contributed by atoms with Gasteiger partial charge in [0, 0.05) is 5.92 Å². The number of nitrogens with one attached hydrogen (secondary N) is 3. The van der Waals surface area contributed by atoms with Crippen molar-refractivity contribution in [3.63, 3.8) is 0 Å². The largest absolute Gasteiger partial charge is 0.467 e. The maximum absolute atomic E-state index is 12.6. The highest BCUT2D eigenvalue weighted by Gasteiger charge is 2.30. The van der Waals surface area contributed by atoms with Crippen LogP contribution in [0.3, 0.4) is 0 Å². The first-order valence-corrected chi connectivity index (χ1v) is 12.0. The van der Waals surface area contributed by atoms with Gasteiger partial charge in [0.05, 0.1) is 13.7 Å². The number of hydrogen-bond acceptors (Lipinski definition) is 7. The second-order valence-corrected chi connectivity index (χ2v) is 9.66. The van der Waals surface area contributed by atoms with E-state index in [0.717, 1.165) is 29.4 Å². The molecule has 2 atom stereocenters. The molecule has 3 rings (SSSR count). The average Bonchev–Trinajstić information content (AvgIpc) is 3.17. The molecule has 0 radical (unpaired) electrons. The molecule has 2 aromatic carbocycles. The number of methoxy groups -OCH3 is 1. The van der Waals surface area contributed by atoms with Crippen LogP contribution in [0.5, 0.6) is 0 Å². The lowest BCUT2D eigenvalue weighted by Crippen LogP contribution is -2.54. The van der Waals surface area contributed by atoms with Crippen LogP contribution in [-0.4, -0.2) is 62.0 Å². The molecule has 0 saturated carbocycles. The Bertz CT molecular complexity index is 1110. The second-order valence-electron chi connectivity index (χ2n) is 9.66. The molecule has 10 nitrogen and oxygen atoms in total. The van der Waals surface area contributed by atoms with E-state index in [9.17, 15) is 19.2 Å². The number of alkyl carbamates (subject to hydrolysis) is 2. The Morgan fingerprint density at radius 3 is 2.00 bits per heavy atom. The van der Waals surface area contributed by atoms with E-state index in [1.807, 2.05) is 48.5 Å². The predicted molar refractivity (Wildman–Crippen MR) is 136 cm³/mol. The molecule has 1 aliphatic carbocycles. The summed E-state index contributed by atoms with van der Waals surface area (Å²) in [4.78, 5) is 49.1. The summed E-state index contributed by atoms with van der Waals surface area (Å²) >= 11 is 0. The number of carbonyl (C=O) groups is 4. The van der Waals surface area contributed by atoms with E-state index in [-0.39, 0.29) is 19.1 Å². The Labute approximate surface area is 216 Å². The summed E-state index contributed by atoms with van der Waals surface area (Å²) < 4.78 is 15.3. The van der Waals surface area contributed by atoms with Crippen molar-refractivity contribution < 1.29 is 33.4 Å². The summed E-state index contributed by atoms with van der Waals surface area (Å²) in [6.07, 6.45) is -1.52. The van der Waals surface area contributed by atoms with Crippen LogP contribution in [0, 0.1) is 0 Å². The normalized spacial score (nSPS) is 13.9. The van der Waals surface area contributed by atoms with Gasteiger partial charge < -0.3 is 30.2 Å². The van der Waals surface area contributed by atoms with Gasteiger partial charge in [0.25, 0.3) is 0 Å². The van der Waals surface area contributed by atoms with Crippen molar-refractivity contribution in [2.45, 2.75) is 51.3 Å². The minimum absolute atomic E-state index is 0.0960. The first-order chi connectivity index (χ1) is 17.5. The number of rotatable bonds is 8. The molecule has 0 spiro atoms. The van der Waals surface area contributed by atoms with Crippen molar-refractivity contribution in [1.29, 1.82) is 0 Å². The summed E-state index contributed by atoms with van der Waals surface area (Å²) in [6, 6.07) is 13.7. The standard InChI is InChI=1S/C27H33N3O7/c1-16(23(31)30-22(24(32)35-5)14-28-25(33)37-27(2,3)4)29-26(34)36-15-21-19-12-8-6-10-17(19)18-11-7-9-13-20(18)21/h6-13,16,21-22H,14-15H2,1-5H3,(H,28,33)(H,29,34)(H,30,31)/t16-,22+/m0/s1. The fraction of sp³-hybridized carbons (Fsp3) is 0.407. The molecule has 37 heavy (non-hydrogen) atoms. The SMILES string of the molecule is COC(=O)[C@@H](CNC(=O)OC(C)(C)C)NC(=O)[C@H](C)NC(=O)OCC1c2ccccc2-c2ccccc21. The molecule has 0 aromatic heterocycles. The van der Waals surface area contributed by atoms with E-state index in [0.29, 0.717) is 0 Å². The number of hydrogen-bond donors (Lipinski definition) is 3. The molecule has 0 saturated heterocycles. The molecule has 0 heterocycles. The fourth-order valence-electron chi connectivity index (χ4n) is 4.01. The topological polar surface area (TPSA) is 132 Å². The summed E-state index contributed by atoms with van der Waals surface area (Å²) in [7, 11) is 1.16. The van der Waals surface area contributed by atoms with Crippen LogP contribution >= 0.6 is 0 Å². The Balaban J connectivity index is 1.54. The molecule has 0 unspecified atom stereocenters. The van der Waals surface area contributed by atoms with Gasteiger partial charge in [-0.15, -0.1) is 0 Å². The van der Waals surface area contributed by atoms with E-state index in [2.05, 4.69) is 16.0 Å². The highest BCUT2D eigenvalue weighted by atomic mass is 16.6. The molecule has 3 amide bonds. The highest BCUT2D eigenvalue weighted by Crippen LogP contribution is 2.44. The average molecular weight is 512 g/mol. The van der Waals surface area contributed by atoms with Gasteiger partial charge in [0.1, 0.15) is 24.3 Å². The van der Waals surface area contributed by atoms with Gasteiger partial charge in [-0.05, 0) is 49.9 Å². The Kier molecular flexibility index (Phi) is 8.75. The molecule has 10 heteroatoms. The maximum atomic E-state index is 12.6. The number of fused-ring (bicyclic) bond motifs is 3. The zero-order valence-corrected chi connectivity index (χ0v) is 21.6. The van der Waals surface area contributed by atoms with E-state index >= 15 is 0 Å². The zero-order chi connectivity index (χ0) is 27.2. The second kappa shape index (κ2) is 11.8. The smallest absolute Gasteiger partial charge is 0.407 e. The monoisotopic (exact) mass is 511 g/mol. The lowest BCUT2D eigenvalue weighted by molar-refractivity contribution is -0.145. The molecule has 2 aromatic rings. The van der Waals surface area contributed by atoms with E-state index < -0.39 is 41.7 Å². The first kappa shape index (κ1) is 27.5. The van der Waals surface area contributed by atoms with Gasteiger partial charge in [-0.3, -0.25) is 4.79 Å². The van der Waals surface area contributed by atoms with Gasteiger partial charge in [0.2, 0.25) is 5.91 Å². The molecular weight excluding hydrogens is 478 g/mol. The van der Waals surface area contributed by atoms with Crippen molar-refractivity contribution in [3.8, 4) is 11.1 Å². The molecule has 3 N–H and O–H groups in total. The molecular formula is C27H33N3O7. The number of benzene rings is 2. The minimum atomic E-state index is -1.18. The van der Waals surface area contributed by atoms with Gasteiger partial charge >= 0.3 is 18.2 Å². The first-order valence-electron chi connectivity index (χ1n) is 12.0. The number of amides is 3. The zero-order valence-electron chi connectivity index (χ0n) is 21.6. The fourth-order valence-corrected chi connectivity index (χ4v) is 4.01. The van der Waals surface area contributed by atoms with Gasteiger partial charge in [-0.1, -0.05) is 48.5 Å². The molecule has 1 aliphatic rings. The lowest BCUT2D eigenvalue weighted by Gasteiger charge is -2.22. The number of carbonyl (C=O) groups excluding carboxylic acids is 4. The van der Waals surface area contributed by atoms with Crippen molar-refractivity contribution in [3.05, 3.63) is 59.7 Å². The van der Waals surface area contributed by atoms with Crippen molar-refractivity contribution in [2.24, 2.45) is 0 Å². The van der Waals surface area contributed by atoms with Gasteiger partial charge in [-0.2, -0.15) is 0 Å². The Morgan fingerprint density at radius 1 is 0.892 bits per heavy atom. The van der Waals surface area contributed by atoms with Crippen LogP contribution in [0.1, 0.15) is 44.7 Å². The van der Waals surface area contributed by atoms with Crippen LogP contribution in [-0.2, 0) is 23.8 Å². The van der Waals surface area contributed by atoms with Gasteiger partial charge in [-0.25, -0.2) is 14.4 Å². The Hall–Kier alpha value is -4.08.